The van der Waals surface area contributed by atoms with E-state index in [1.807, 2.05) is 37.3 Å². The zero-order valence-corrected chi connectivity index (χ0v) is 8.68. The van der Waals surface area contributed by atoms with E-state index >= 15 is 0 Å². The molecule has 0 spiro atoms. The first kappa shape index (κ1) is 11.4. The quantitative estimate of drug-likeness (QED) is 0.602. The molecule has 0 saturated carbocycles. The van der Waals surface area contributed by atoms with E-state index in [1.165, 1.54) is 6.26 Å². The summed E-state index contributed by atoms with van der Waals surface area (Å²) in [5.41, 5.74) is 0.801. The van der Waals surface area contributed by atoms with Gasteiger partial charge in [0.15, 0.2) is 0 Å². The maximum absolute atomic E-state index is 9.63. The Balaban J connectivity index is 2.52. The van der Waals surface area contributed by atoms with Crippen molar-refractivity contribution in [1.29, 1.82) is 0 Å². The molecule has 1 atom stereocenters. The molecule has 1 aromatic carbocycles. The van der Waals surface area contributed by atoms with Crippen LogP contribution >= 0.6 is 0 Å². The van der Waals surface area contributed by atoms with E-state index in [2.05, 4.69) is 11.8 Å². The molecule has 0 aromatic heterocycles. The van der Waals surface area contributed by atoms with Gasteiger partial charge in [0.1, 0.15) is 6.10 Å². The molecule has 2 heteroatoms. The summed E-state index contributed by atoms with van der Waals surface area (Å²) in [6, 6.07) is 9.32. The molecule has 0 fully saturated rings. The molecule has 0 amide bonds. The molecule has 0 saturated heterocycles. The zero-order chi connectivity index (χ0) is 10.9. The molecule has 78 valence electrons. The van der Waals surface area contributed by atoms with Crippen LogP contribution in [0.3, 0.4) is 0 Å². The van der Waals surface area contributed by atoms with E-state index in [1.54, 1.807) is 6.08 Å². The number of aliphatic hydroxyl groups is 1. The highest BCUT2D eigenvalue weighted by Gasteiger charge is 1.99. The van der Waals surface area contributed by atoms with E-state index in [-0.39, 0.29) is 0 Å². The first-order chi connectivity index (χ1) is 7.34. The van der Waals surface area contributed by atoms with Crippen molar-refractivity contribution in [2.45, 2.75) is 13.0 Å². The molecule has 0 heterocycles. The molecule has 0 aliphatic carbocycles. The maximum Gasteiger partial charge on any atom is 0.140 e. The summed E-state index contributed by atoms with van der Waals surface area (Å²) in [6.07, 6.45) is 2.36. The van der Waals surface area contributed by atoms with E-state index in [0.717, 1.165) is 5.56 Å². The molecule has 0 bridgehead atoms. The Morgan fingerprint density at radius 2 is 2.13 bits per heavy atom. The summed E-state index contributed by atoms with van der Waals surface area (Å²) in [6.45, 7) is 2.52. The molecule has 0 aliphatic heterocycles. The van der Waals surface area contributed by atoms with Gasteiger partial charge in [-0.2, -0.15) is 0 Å². The van der Waals surface area contributed by atoms with Gasteiger partial charge in [0.2, 0.25) is 0 Å². The van der Waals surface area contributed by atoms with Gasteiger partial charge in [-0.15, -0.1) is 0 Å². The lowest BCUT2D eigenvalue weighted by molar-refractivity contribution is 0.238. The van der Waals surface area contributed by atoms with Gasteiger partial charge in [0.05, 0.1) is 12.9 Å². The Kier molecular flexibility index (Phi) is 5.07. The molecule has 1 unspecified atom stereocenters. The SMILES string of the molecule is CCO/C=C\C#CC(O)c1ccccc1. The number of hydrogen-bond acceptors (Lipinski definition) is 2. The summed E-state index contributed by atoms with van der Waals surface area (Å²) < 4.78 is 4.96. The second-order valence-corrected chi connectivity index (χ2v) is 2.86. The first-order valence-corrected chi connectivity index (χ1v) is 4.85. The van der Waals surface area contributed by atoms with Crippen molar-refractivity contribution in [2.24, 2.45) is 0 Å². The minimum atomic E-state index is -0.738. The smallest absolute Gasteiger partial charge is 0.140 e. The second kappa shape index (κ2) is 6.69. The predicted octanol–water partition coefficient (Wildman–Crippen LogP) is 2.27. The van der Waals surface area contributed by atoms with Gasteiger partial charge in [0.25, 0.3) is 0 Å². The van der Waals surface area contributed by atoms with Crippen LogP contribution in [0.15, 0.2) is 42.7 Å². The van der Waals surface area contributed by atoms with Gasteiger partial charge < -0.3 is 9.84 Å². The summed E-state index contributed by atoms with van der Waals surface area (Å²) in [5.74, 6) is 5.41. The van der Waals surface area contributed by atoms with Crippen LogP contribution in [-0.4, -0.2) is 11.7 Å². The Hall–Kier alpha value is -1.72. The molecule has 1 aromatic rings. The number of aliphatic hydroxyl groups excluding tert-OH is 1. The van der Waals surface area contributed by atoms with Gasteiger partial charge in [-0.3, -0.25) is 0 Å². The number of allylic oxidation sites excluding steroid dienone is 1. The third-order valence-corrected chi connectivity index (χ3v) is 1.75. The van der Waals surface area contributed by atoms with Crippen LogP contribution in [0.4, 0.5) is 0 Å². The largest absolute Gasteiger partial charge is 0.501 e. The van der Waals surface area contributed by atoms with Crippen molar-refractivity contribution in [3.63, 3.8) is 0 Å². The predicted molar refractivity (Wildman–Crippen MR) is 59.9 cm³/mol. The summed E-state index contributed by atoms with van der Waals surface area (Å²) in [4.78, 5) is 0. The van der Waals surface area contributed by atoms with Crippen LogP contribution in [0, 0.1) is 11.8 Å². The number of rotatable bonds is 3. The second-order valence-electron chi connectivity index (χ2n) is 2.86. The van der Waals surface area contributed by atoms with Crippen molar-refractivity contribution >= 4 is 0 Å². The summed E-state index contributed by atoms with van der Waals surface area (Å²) >= 11 is 0. The molecule has 1 rings (SSSR count). The van der Waals surface area contributed by atoms with Crippen molar-refractivity contribution in [3.05, 3.63) is 48.2 Å². The molecular weight excluding hydrogens is 188 g/mol. The Labute approximate surface area is 90.2 Å². The first-order valence-electron chi connectivity index (χ1n) is 4.85. The van der Waals surface area contributed by atoms with Crippen molar-refractivity contribution in [1.82, 2.24) is 0 Å². The van der Waals surface area contributed by atoms with E-state index in [0.29, 0.717) is 6.61 Å². The van der Waals surface area contributed by atoms with Crippen LogP contribution < -0.4 is 0 Å². The normalized spacial score (nSPS) is 11.9. The van der Waals surface area contributed by atoms with Crippen LogP contribution in [0.25, 0.3) is 0 Å². The number of hydrogen-bond donors (Lipinski definition) is 1. The zero-order valence-electron chi connectivity index (χ0n) is 8.68. The standard InChI is InChI=1S/C13H14O2/c1-2-15-11-7-6-10-13(14)12-8-4-3-5-9-12/h3-5,7-9,11,13-14H,2H2,1H3/b11-7-. The van der Waals surface area contributed by atoms with E-state index < -0.39 is 6.10 Å². The van der Waals surface area contributed by atoms with Gasteiger partial charge >= 0.3 is 0 Å². The highest BCUT2D eigenvalue weighted by molar-refractivity contribution is 5.27. The maximum atomic E-state index is 9.63. The highest BCUT2D eigenvalue weighted by atomic mass is 16.5. The van der Waals surface area contributed by atoms with Crippen LogP contribution in [0.1, 0.15) is 18.6 Å². The van der Waals surface area contributed by atoms with Gasteiger partial charge in [-0.25, -0.2) is 0 Å². The topological polar surface area (TPSA) is 29.5 Å². The minimum Gasteiger partial charge on any atom is -0.501 e. The molecule has 15 heavy (non-hydrogen) atoms. The summed E-state index contributed by atoms with van der Waals surface area (Å²) in [5, 5.41) is 9.63. The van der Waals surface area contributed by atoms with Crippen molar-refractivity contribution in [2.75, 3.05) is 6.61 Å². The molecule has 0 radical (unpaired) electrons. The van der Waals surface area contributed by atoms with Crippen LogP contribution in [0.5, 0.6) is 0 Å². The van der Waals surface area contributed by atoms with E-state index in [9.17, 15) is 5.11 Å². The third kappa shape index (κ3) is 4.35. The average Bonchev–Trinajstić information content (AvgIpc) is 2.30. The van der Waals surface area contributed by atoms with Crippen molar-refractivity contribution < 1.29 is 9.84 Å². The van der Waals surface area contributed by atoms with Gasteiger partial charge in [-0.1, -0.05) is 42.2 Å². The molecular formula is C13H14O2. The fraction of sp³-hybridized carbons (Fsp3) is 0.231. The lowest BCUT2D eigenvalue weighted by atomic mass is 10.1. The van der Waals surface area contributed by atoms with Gasteiger partial charge in [0, 0.05) is 6.08 Å². The summed E-state index contributed by atoms with van der Waals surface area (Å²) in [7, 11) is 0. The molecule has 0 aliphatic rings. The molecule has 1 N–H and O–H groups in total. The Bertz CT molecular complexity index is 357. The fourth-order valence-corrected chi connectivity index (χ4v) is 1.02. The number of ether oxygens (including phenoxy) is 1. The average molecular weight is 202 g/mol. The van der Waals surface area contributed by atoms with Crippen LogP contribution in [-0.2, 0) is 4.74 Å². The monoisotopic (exact) mass is 202 g/mol. The highest BCUT2D eigenvalue weighted by Crippen LogP contribution is 2.09. The lowest BCUT2D eigenvalue weighted by Crippen LogP contribution is -1.91. The fourth-order valence-electron chi connectivity index (χ4n) is 1.02. The third-order valence-electron chi connectivity index (χ3n) is 1.75. The minimum absolute atomic E-state index is 0.624. The van der Waals surface area contributed by atoms with E-state index in [4.69, 9.17) is 4.74 Å². The van der Waals surface area contributed by atoms with Gasteiger partial charge in [-0.05, 0) is 12.5 Å². The Morgan fingerprint density at radius 1 is 1.40 bits per heavy atom. The lowest BCUT2D eigenvalue weighted by Gasteiger charge is -2.01. The van der Waals surface area contributed by atoms with Crippen LogP contribution in [0.2, 0.25) is 0 Å². The Morgan fingerprint density at radius 3 is 2.80 bits per heavy atom. The van der Waals surface area contributed by atoms with Crippen molar-refractivity contribution in [3.8, 4) is 11.8 Å². The molecule has 2 nitrogen and oxygen atoms in total. The number of benzene rings is 1.